The fourth-order valence-corrected chi connectivity index (χ4v) is 9.18. The van der Waals surface area contributed by atoms with Crippen molar-refractivity contribution in [3.63, 3.8) is 0 Å². The van der Waals surface area contributed by atoms with Crippen LogP contribution in [0.25, 0.3) is 0 Å². The first-order valence-corrected chi connectivity index (χ1v) is 33.2. The molecular formula is C73H116O12. The van der Waals surface area contributed by atoms with E-state index in [0.717, 1.165) is 141 Å². The van der Waals surface area contributed by atoms with Crippen molar-refractivity contribution in [1.29, 1.82) is 0 Å². The van der Waals surface area contributed by atoms with Crippen molar-refractivity contribution in [3.8, 4) is 0 Å². The van der Waals surface area contributed by atoms with Crippen LogP contribution in [0.15, 0.2) is 134 Å². The van der Waals surface area contributed by atoms with Gasteiger partial charge < -0.3 is 39.0 Å². The van der Waals surface area contributed by atoms with Crippen LogP contribution in [0.1, 0.15) is 252 Å². The minimum Gasteiger partial charge on any atom is -0.479 e. The fourth-order valence-electron chi connectivity index (χ4n) is 9.18. The summed E-state index contributed by atoms with van der Waals surface area (Å²) in [6, 6.07) is 0. The van der Waals surface area contributed by atoms with Crippen molar-refractivity contribution in [2.75, 3.05) is 13.2 Å². The largest absolute Gasteiger partial charge is 0.479 e. The molecule has 0 saturated carbocycles. The van der Waals surface area contributed by atoms with Gasteiger partial charge in [-0.05, 0) is 135 Å². The number of hydrogen-bond acceptors (Lipinski definition) is 11. The van der Waals surface area contributed by atoms with Crippen molar-refractivity contribution in [1.82, 2.24) is 0 Å². The molecule has 85 heavy (non-hydrogen) atoms. The van der Waals surface area contributed by atoms with Crippen LogP contribution >= 0.6 is 0 Å². The molecule has 0 spiro atoms. The predicted octanol–water partition coefficient (Wildman–Crippen LogP) is 18.1. The van der Waals surface area contributed by atoms with Crippen molar-refractivity contribution in [2.45, 2.75) is 289 Å². The number of carbonyl (C=O) groups excluding carboxylic acids is 3. The van der Waals surface area contributed by atoms with Crippen LogP contribution in [0.2, 0.25) is 0 Å². The Morgan fingerprint density at radius 3 is 1.14 bits per heavy atom. The van der Waals surface area contributed by atoms with Gasteiger partial charge in [-0.2, -0.15) is 0 Å². The van der Waals surface area contributed by atoms with E-state index in [1.807, 2.05) is 0 Å². The van der Waals surface area contributed by atoms with Gasteiger partial charge in [-0.1, -0.05) is 231 Å². The zero-order chi connectivity index (χ0) is 61.7. The van der Waals surface area contributed by atoms with Gasteiger partial charge >= 0.3 is 23.9 Å². The molecule has 1 aliphatic rings. The maximum Gasteiger partial charge on any atom is 0.335 e. The maximum atomic E-state index is 13.2. The number of unbranched alkanes of at least 4 members (excludes halogenated alkanes) is 19. The summed E-state index contributed by atoms with van der Waals surface area (Å²) in [5.41, 5.74) is 0. The van der Waals surface area contributed by atoms with Gasteiger partial charge in [0.15, 0.2) is 24.6 Å². The molecule has 6 unspecified atom stereocenters. The average Bonchev–Trinajstić information content (AvgIpc) is 3.46. The van der Waals surface area contributed by atoms with E-state index in [9.17, 15) is 34.5 Å². The number of aliphatic hydroxyl groups excluding tert-OH is 2. The summed E-state index contributed by atoms with van der Waals surface area (Å²) in [5.74, 6) is -3.21. The summed E-state index contributed by atoms with van der Waals surface area (Å²) < 4.78 is 28.5. The van der Waals surface area contributed by atoms with Gasteiger partial charge in [0, 0.05) is 19.3 Å². The Hall–Kier alpha value is -5.14. The van der Waals surface area contributed by atoms with Gasteiger partial charge in [0.2, 0.25) is 0 Å². The second kappa shape index (κ2) is 59.2. The number of carbonyl (C=O) groups is 4. The molecule has 3 N–H and O–H groups in total. The lowest BCUT2D eigenvalue weighted by Gasteiger charge is -2.40. The molecule has 1 aliphatic heterocycles. The molecule has 0 aromatic carbocycles. The summed E-state index contributed by atoms with van der Waals surface area (Å²) in [7, 11) is 0. The van der Waals surface area contributed by atoms with E-state index in [2.05, 4.69) is 154 Å². The smallest absolute Gasteiger partial charge is 0.335 e. The van der Waals surface area contributed by atoms with Crippen LogP contribution in [0.4, 0.5) is 0 Å². The predicted molar refractivity (Wildman–Crippen MR) is 349 cm³/mol. The Morgan fingerprint density at radius 2 is 0.741 bits per heavy atom. The second-order valence-electron chi connectivity index (χ2n) is 22.0. The summed E-state index contributed by atoms with van der Waals surface area (Å²) in [6.07, 6.45) is 71.1. The van der Waals surface area contributed by atoms with Crippen LogP contribution < -0.4 is 0 Å². The van der Waals surface area contributed by atoms with E-state index in [0.29, 0.717) is 19.3 Å². The number of allylic oxidation sites excluding steroid dienone is 22. The molecule has 0 amide bonds. The zero-order valence-corrected chi connectivity index (χ0v) is 53.1. The highest BCUT2D eigenvalue weighted by Gasteiger charge is 2.50. The SMILES string of the molecule is CC/C=C\C/C=C\C/C=C\C/C=C\C/C=C\CCCCCC(=O)OCC(COC1OC(C(=O)O)C(O)C(O)C1OC(=O)CCCCCC/C=C\C/C=C\C/C=C\C/C=C\CC)OC(=O)CCCCCCCCCCC/C=C\C/C=C\CCCCC. The van der Waals surface area contributed by atoms with E-state index in [-0.39, 0.29) is 25.9 Å². The average molecular weight is 1190 g/mol. The maximum absolute atomic E-state index is 13.2. The number of aliphatic carboxylic acids is 1. The Balaban J connectivity index is 2.71. The fraction of sp³-hybridized carbons (Fsp3) is 0.644. The van der Waals surface area contributed by atoms with Crippen molar-refractivity contribution in [3.05, 3.63) is 134 Å². The number of ether oxygens (including phenoxy) is 5. The first-order valence-electron chi connectivity index (χ1n) is 33.2. The molecule has 0 aliphatic carbocycles. The quantitative estimate of drug-likeness (QED) is 0.0228. The van der Waals surface area contributed by atoms with Gasteiger partial charge in [-0.15, -0.1) is 0 Å². The van der Waals surface area contributed by atoms with Crippen LogP contribution in [0, 0.1) is 0 Å². The summed E-state index contributed by atoms with van der Waals surface area (Å²) in [5, 5.41) is 31.6. The highest BCUT2D eigenvalue weighted by Crippen LogP contribution is 2.26. The molecule has 1 rings (SSSR count). The molecule has 12 heteroatoms. The van der Waals surface area contributed by atoms with Crippen LogP contribution in [0.3, 0.4) is 0 Å². The normalized spacial score (nSPS) is 18.3. The summed E-state index contributed by atoms with van der Waals surface area (Å²) >= 11 is 0. The minimum absolute atomic E-state index is 0.0217. The molecule has 1 heterocycles. The van der Waals surface area contributed by atoms with E-state index in [1.165, 1.54) is 51.4 Å². The molecule has 6 atom stereocenters. The zero-order valence-electron chi connectivity index (χ0n) is 53.1. The Labute approximate surface area is 515 Å². The van der Waals surface area contributed by atoms with E-state index in [1.54, 1.807) is 0 Å². The van der Waals surface area contributed by atoms with Crippen LogP contribution in [0.5, 0.6) is 0 Å². The Bertz CT molecular complexity index is 1990. The molecule has 0 bridgehead atoms. The highest BCUT2D eigenvalue weighted by molar-refractivity contribution is 5.74. The van der Waals surface area contributed by atoms with Crippen molar-refractivity contribution >= 4 is 23.9 Å². The molecule has 12 nitrogen and oxygen atoms in total. The molecule has 0 aromatic heterocycles. The Kier molecular flexibility index (Phi) is 54.2. The first kappa shape index (κ1) is 77.9. The summed E-state index contributed by atoms with van der Waals surface area (Å²) in [6.45, 7) is 5.71. The number of rotatable bonds is 55. The number of esters is 3. The number of aliphatic hydroxyl groups is 2. The third-order valence-corrected chi connectivity index (χ3v) is 14.2. The molecule has 0 radical (unpaired) electrons. The lowest BCUT2D eigenvalue weighted by atomic mass is 9.98. The van der Waals surface area contributed by atoms with E-state index in [4.69, 9.17) is 23.7 Å². The monoisotopic (exact) mass is 1180 g/mol. The molecule has 1 saturated heterocycles. The Morgan fingerprint density at radius 1 is 0.400 bits per heavy atom. The molecule has 1 fully saturated rings. The lowest BCUT2D eigenvalue weighted by Crippen LogP contribution is -2.61. The van der Waals surface area contributed by atoms with Crippen LogP contribution in [-0.4, -0.2) is 89.2 Å². The van der Waals surface area contributed by atoms with Crippen molar-refractivity contribution < 1.29 is 58.2 Å². The topological polar surface area (TPSA) is 175 Å². The lowest BCUT2D eigenvalue weighted by molar-refractivity contribution is -0.301. The molecular weight excluding hydrogens is 1070 g/mol. The second-order valence-corrected chi connectivity index (χ2v) is 22.0. The standard InChI is InChI=1S/C73H116O12/c1-4-7-10-13-16-19-22-25-28-31-33-36-38-41-44-47-50-53-56-59-65(74)81-62-64(83-66(75)60-57-54-51-48-45-42-40-37-34-32-29-26-23-20-17-14-11-8-5-2)63-82-73-71(69(78)68(77)70(85-73)72(79)80)84-67(76)61-58-55-52-49-46-43-39-35-30-27-24-21-18-15-12-9-6-3/h7,9-10,12,16-21,25-30,33,36,39,41,43-44,64,68-71,73,77-78H,4-6,8,11,13-15,22-24,31-32,34-35,37-38,40,42,45-63H2,1-3H3,(H,79,80)/b10-7-,12-9-,19-16-,20-17-,21-18-,28-25-,29-26-,30-27-,36-33-,43-39-,44-41-. The number of carboxylic acids is 1. The van der Waals surface area contributed by atoms with E-state index < -0.39 is 67.3 Å². The third kappa shape index (κ3) is 48.6. The van der Waals surface area contributed by atoms with Gasteiger partial charge in [-0.3, -0.25) is 14.4 Å². The number of carboxylic acid groups (broad SMARTS) is 1. The summed E-state index contributed by atoms with van der Waals surface area (Å²) in [4.78, 5) is 51.4. The highest BCUT2D eigenvalue weighted by atomic mass is 16.7. The van der Waals surface area contributed by atoms with Crippen molar-refractivity contribution in [2.24, 2.45) is 0 Å². The molecule has 480 valence electrons. The first-order chi connectivity index (χ1) is 41.6. The van der Waals surface area contributed by atoms with Gasteiger partial charge in [0.25, 0.3) is 0 Å². The van der Waals surface area contributed by atoms with E-state index >= 15 is 0 Å². The third-order valence-electron chi connectivity index (χ3n) is 14.2. The van der Waals surface area contributed by atoms with Gasteiger partial charge in [-0.25, -0.2) is 4.79 Å². The molecule has 0 aromatic rings. The van der Waals surface area contributed by atoms with Gasteiger partial charge in [0.1, 0.15) is 18.8 Å². The van der Waals surface area contributed by atoms with Gasteiger partial charge in [0.05, 0.1) is 6.61 Å². The van der Waals surface area contributed by atoms with Crippen LogP contribution in [-0.2, 0) is 42.9 Å². The number of hydrogen-bond donors (Lipinski definition) is 3. The minimum atomic E-state index is -1.93.